The minimum Gasteiger partial charge on any atom is -0.507 e. The molecule has 1 rings (SSSR count). The van der Waals surface area contributed by atoms with Crippen LogP contribution < -0.4 is 5.32 Å². The second-order valence-electron chi connectivity index (χ2n) is 4.12. The van der Waals surface area contributed by atoms with E-state index in [2.05, 4.69) is 21.2 Å². The van der Waals surface area contributed by atoms with Crippen molar-refractivity contribution in [2.45, 2.75) is 25.7 Å². The fraction of sp³-hybridized carbons (Fsp3) is 0.385. The average molecular weight is 330 g/mol. The molecular formula is C13H16BrNO4. The minimum absolute atomic E-state index is 0.0715. The lowest BCUT2D eigenvalue weighted by Gasteiger charge is -2.06. The summed E-state index contributed by atoms with van der Waals surface area (Å²) in [6.07, 6.45) is 2.23. The molecule has 1 aromatic rings. The molecule has 5 nitrogen and oxygen atoms in total. The largest absolute Gasteiger partial charge is 0.507 e. The van der Waals surface area contributed by atoms with Gasteiger partial charge in [-0.15, -0.1) is 0 Å². The Morgan fingerprint density at radius 3 is 2.58 bits per heavy atom. The Balaban J connectivity index is 2.29. The number of unbranched alkanes of at least 4 members (excludes halogenated alkanes) is 2. The first-order chi connectivity index (χ1) is 9.00. The molecule has 0 aliphatic carbocycles. The van der Waals surface area contributed by atoms with E-state index in [-0.39, 0.29) is 23.6 Å². The van der Waals surface area contributed by atoms with Gasteiger partial charge in [0.25, 0.3) is 5.91 Å². The number of carbonyl (C=O) groups excluding carboxylic acids is 1. The van der Waals surface area contributed by atoms with Crippen molar-refractivity contribution in [3.8, 4) is 5.75 Å². The van der Waals surface area contributed by atoms with E-state index in [0.29, 0.717) is 17.4 Å². The van der Waals surface area contributed by atoms with Gasteiger partial charge in [-0.3, -0.25) is 9.59 Å². The maximum Gasteiger partial charge on any atom is 0.303 e. The monoisotopic (exact) mass is 329 g/mol. The standard InChI is InChI=1S/C13H16BrNO4/c14-9-5-6-10(11(16)8-9)13(19)15-7-3-1-2-4-12(17)18/h5-6,8,16H,1-4,7H2,(H,15,19)(H,17,18). The highest BCUT2D eigenvalue weighted by Gasteiger charge is 2.10. The number of halogens is 1. The van der Waals surface area contributed by atoms with E-state index in [4.69, 9.17) is 5.11 Å². The van der Waals surface area contributed by atoms with Gasteiger partial charge in [0, 0.05) is 17.4 Å². The van der Waals surface area contributed by atoms with E-state index in [1.165, 1.54) is 6.07 Å². The molecule has 0 radical (unpaired) electrons. The molecule has 0 atom stereocenters. The van der Waals surface area contributed by atoms with E-state index < -0.39 is 5.97 Å². The van der Waals surface area contributed by atoms with Crippen molar-refractivity contribution < 1.29 is 19.8 Å². The van der Waals surface area contributed by atoms with Crippen LogP contribution in [0.2, 0.25) is 0 Å². The molecule has 0 aromatic heterocycles. The van der Waals surface area contributed by atoms with Crippen LogP contribution in [0.4, 0.5) is 0 Å². The lowest BCUT2D eigenvalue weighted by Crippen LogP contribution is -2.24. The molecule has 19 heavy (non-hydrogen) atoms. The Morgan fingerprint density at radius 1 is 1.21 bits per heavy atom. The molecule has 0 aliphatic heterocycles. The number of carboxylic acids is 1. The molecule has 1 aromatic carbocycles. The Kier molecular flexibility index (Phi) is 6.35. The summed E-state index contributed by atoms with van der Waals surface area (Å²) < 4.78 is 0.704. The van der Waals surface area contributed by atoms with E-state index in [9.17, 15) is 14.7 Å². The zero-order valence-corrected chi connectivity index (χ0v) is 11.9. The van der Waals surface area contributed by atoms with Gasteiger partial charge in [0.2, 0.25) is 0 Å². The van der Waals surface area contributed by atoms with Crippen LogP contribution in [0.25, 0.3) is 0 Å². The maximum absolute atomic E-state index is 11.7. The molecule has 0 heterocycles. The molecule has 0 spiro atoms. The van der Waals surface area contributed by atoms with Crippen LogP contribution >= 0.6 is 15.9 Å². The van der Waals surface area contributed by atoms with Crippen LogP contribution in [0, 0.1) is 0 Å². The van der Waals surface area contributed by atoms with Crippen LogP contribution in [0.1, 0.15) is 36.0 Å². The van der Waals surface area contributed by atoms with Gasteiger partial charge < -0.3 is 15.5 Å². The van der Waals surface area contributed by atoms with E-state index in [1.54, 1.807) is 12.1 Å². The van der Waals surface area contributed by atoms with Gasteiger partial charge >= 0.3 is 5.97 Å². The number of amides is 1. The summed E-state index contributed by atoms with van der Waals surface area (Å²) in [5.74, 6) is -1.20. The predicted octanol–water partition coefficient (Wildman–Crippen LogP) is 2.53. The maximum atomic E-state index is 11.7. The highest BCUT2D eigenvalue weighted by atomic mass is 79.9. The van der Waals surface area contributed by atoms with Gasteiger partial charge in [0.1, 0.15) is 5.75 Å². The Labute approximate surface area is 119 Å². The lowest BCUT2D eigenvalue weighted by atomic mass is 10.1. The summed E-state index contributed by atoms with van der Waals surface area (Å²) in [5.41, 5.74) is 0.230. The molecule has 3 N–H and O–H groups in total. The third-order valence-electron chi connectivity index (χ3n) is 2.56. The summed E-state index contributed by atoms with van der Waals surface area (Å²) >= 11 is 3.20. The van der Waals surface area contributed by atoms with E-state index in [0.717, 1.165) is 12.8 Å². The number of aliphatic carboxylic acids is 1. The third-order valence-corrected chi connectivity index (χ3v) is 3.05. The van der Waals surface area contributed by atoms with Crippen LogP contribution in [-0.2, 0) is 4.79 Å². The Hall–Kier alpha value is -1.56. The number of hydrogen-bond donors (Lipinski definition) is 3. The van der Waals surface area contributed by atoms with Crippen LogP contribution in [-0.4, -0.2) is 28.6 Å². The Bertz CT molecular complexity index is 462. The first-order valence-electron chi connectivity index (χ1n) is 5.99. The van der Waals surface area contributed by atoms with Gasteiger partial charge in [-0.05, 0) is 31.0 Å². The number of aromatic hydroxyl groups is 1. The van der Waals surface area contributed by atoms with E-state index >= 15 is 0 Å². The first-order valence-corrected chi connectivity index (χ1v) is 6.78. The molecule has 0 unspecified atom stereocenters. The fourth-order valence-corrected chi connectivity index (χ4v) is 1.92. The van der Waals surface area contributed by atoms with Crippen molar-refractivity contribution in [1.82, 2.24) is 5.32 Å². The van der Waals surface area contributed by atoms with Crippen LogP contribution in [0.5, 0.6) is 5.75 Å². The minimum atomic E-state index is -0.802. The average Bonchev–Trinajstić information content (AvgIpc) is 2.32. The van der Waals surface area contributed by atoms with E-state index in [1.807, 2.05) is 0 Å². The molecule has 104 valence electrons. The van der Waals surface area contributed by atoms with Gasteiger partial charge in [0.05, 0.1) is 5.56 Å². The lowest BCUT2D eigenvalue weighted by molar-refractivity contribution is -0.137. The summed E-state index contributed by atoms with van der Waals surface area (Å²) in [4.78, 5) is 22.0. The number of benzene rings is 1. The number of rotatable bonds is 7. The number of carboxylic acid groups (broad SMARTS) is 1. The SMILES string of the molecule is O=C(O)CCCCCNC(=O)c1ccc(Br)cc1O. The first kappa shape index (κ1) is 15.5. The number of phenolic OH excluding ortho intramolecular Hbond substituents is 1. The Morgan fingerprint density at radius 2 is 1.95 bits per heavy atom. The normalized spacial score (nSPS) is 10.2. The van der Waals surface area contributed by atoms with Gasteiger partial charge in [0.15, 0.2) is 0 Å². The number of carbonyl (C=O) groups is 2. The third kappa shape index (κ3) is 5.74. The number of nitrogens with one attached hydrogen (secondary N) is 1. The molecule has 0 saturated carbocycles. The molecule has 6 heteroatoms. The number of phenols is 1. The second kappa shape index (κ2) is 7.78. The molecular weight excluding hydrogens is 314 g/mol. The fourth-order valence-electron chi connectivity index (χ4n) is 1.57. The van der Waals surface area contributed by atoms with Crippen molar-refractivity contribution in [3.63, 3.8) is 0 Å². The second-order valence-corrected chi connectivity index (χ2v) is 5.04. The topological polar surface area (TPSA) is 86.6 Å². The molecule has 0 bridgehead atoms. The van der Waals surface area contributed by atoms with Gasteiger partial charge in [-0.25, -0.2) is 0 Å². The molecule has 1 amide bonds. The van der Waals surface area contributed by atoms with Crippen molar-refractivity contribution in [1.29, 1.82) is 0 Å². The molecule has 0 fully saturated rings. The summed E-state index contributed by atoms with van der Waals surface area (Å²) in [6, 6.07) is 4.68. The number of hydrogen-bond acceptors (Lipinski definition) is 3. The zero-order chi connectivity index (χ0) is 14.3. The summed E-state index contributed by atoms with van der Waals surface area (Å²) in [7, 11) is 0. The van der Waals surface area contributed by atoms with Crippen LogP contribution in [0.3, 0.4) is 0 Å². The highest BCUT2D eigenvalue weighted by molar-refractivity contribution is 9.10. The van der Waals surface area contributed by atoms with Crippen molar-refractivity contribution in [2.75, 3.05) is 6.54 Å². The highest BCUT2D eigenvalue weighted by Crippen LogP contribution is 2.22. The predicted molar refractivity (Wildman–Crippen MR) is 74.2 cm³/mol. The molecule has 0 saturated heterocycles. The van der Waals surface area contributed by atoms with Gasteiger partial charge in [-0.1, -0.05) is 22.4 Å². The van der Waals surface area contributed by atoms with Gasteiger partial charge in [-0.2, -0.15) is 0 Å². The quantitative estimate of drug-likeness (QED) is 0.671. The van der Waals surface area contributed by atoms with Crippen molar-refractivity contribution >= 4 is 27.8 Å². The summed E-state index contributed by atoms with van der Waals surface area (Å²) in [5, 5.41) is 20.8. The smallest absolute Gasteiger partial charge is 0.303 e. The molecule has 0 aliphatic rings. The van der Waals surface area contributed by atoms with Crippen LogP contribution in [0.15, 0.2) is 22.7 Å². The van der Waals surface area contributed by atoms with Crippen molar-refractivity contribution in [2.24, 2.45) is 0 Å². The zero-order valence-electron chi connectivity index (χ0n) is 10.4. The van der Waals surface area contributed by atoms with Crippen molar-refractivity contribution in [3.05, 3.63) is 28.2 Å². The summed E-state index contributed by atoms with van der Waals surface area (Å²) in [6.45, 7) is 0.466.